The summed E-state index contributed by atoms with van der Waals surface area (Å²) in [5.41, 5.74) is 1.08. The second-order valence-corrected chi connectivity index (χ2v) is 8.00. The van der Waals surface area contributed by atoms with E-state index < -0.39 is 0 Å². The van der Waals surface area contributed by atoms with Gasteiger partial charge in [0.05, 0.1) is 19.8 Å². The topological polar surface area (TPSA) is 71.0 Å². The first-order chi connectivity index (χ1) is 14.3. The van der Waals surface area contributed by atoms with Crippen molar-refractivity contribution in [1.29, 1.82) is 0 Å². The second kappa shape index (κ2) is 14.0. The minimum Gasteiger partial charge on any atom is -0.478 e. The van der Waals surface area contributed by atoms with Crippen molar-refractivity contribution in [2.45, 2.75) is 52.1 Å². The zero-order valence-corrected chi connectivity index (χ0v) is 20.8. The molecule has 1 atom stereocenters. The van der Waals surface area contributed by atoms with Gasteiger partial charge in [0.15, 0.2) is 5.96 Å². The molecule has 2 aliphatic heterocycles. The van der Waals surface area contributed by atoms with Gasteiger partial charge in [-0.3, -0.25) is 0 Å². The van der Waals surface area contributed by atoms with Crippen LogP contribution in [0, 0.1) is 5.92 Å². The summed E-state index contributed by atoms with van der Waals surface area (Å²) in [5, 5.41) is 7.00. The van der Waals surface area contributed by atoms with Gasteiger partial charge in [0.2, 0.25) is 5.88 Å². The van der Waals surface area contributed by atoms with Crippen molar-refractivity contribution in [2.75, 3.05) is 46.0 Å². The van der Waals surface area contributed by atoms with Crippen LogP contribution in [0.2, 0.25) is 0 Å². The van der Waals surface area contributed by atoms with Crippen LogP contribution in [-0.4, -0.2) is 67.9 Å². The Morgan fingerprint density at radius 1 is 1.27 bits per heavy atom. The molecular weight excluding hydrogens is 493 g/mol. The summed E-state index contributed by atoms with van der Waals surface area (Å²) in [6, 6.07) is 4.44. The van der Waals surface area contributed by atoms with Gasteiger partial charge in [0.1, 0.15) is 0 Å². The Balaban J connectivity index is 0.00000320. The molecule has 170 valence electrons. The summed E-state index contributed by atoms with van der Waals surface area (Å²) in [7, 11) is 0. The fourth-order valence-corrected chi connectivity index (χ4v) is 3.83. The average molecular weight is 531 g/mol. The molecule has 0 saturated carbocycles. The van der Waals surface area contributed by atoms with Gasteiger partial charge < -0.3 is 25.0 Å². The molecule has 0 aromatic carbocycles. The van der Waals surface area contributed by atoms with E-state index in [0.29, 0.717) is 25.1 Å². The molecule has 2 fully saturated rings. The molecule has 1 aromatic rings. The molecule has 0 spiro atoms. The van der Waals surface area contributed by atoms with Crippen LogP contribution in [0.5, 0.6) is 5.88 Å². The van der Waals surface area contributed by atoms with E-state index in [0.717, 1.165) is 69.6 Å². The van der Waals surface area contributed by atoms with E-state index >= 15 is 0 Å². The predicted octanol–water partition coefficient (Wildman–Crippen LogP) is 3.04. The molecule has 1 aromatic heterocycles. The molecule has 7 nitrogen and oxygen atoms in total. The highest BCUT2D eigenvalue weighted by atomic mass is 127. The number of likely N-dealkylation sites (tertiary alicyclic amines) is 1. The first kappa shape index (κ1) is 25.1. The number of nitrogens with zero attached hydrogens (tertiary/aromatic N) is 3. The molecule has 1 unspecified atom stereocenters. The lowest BCUT2D eigenvalue weighted by atomic mass is 10.0. The van der Waals surface area contributed by atoms with Crippen molar-refractivity contribution in [3.05, 3.63) is 23.9 Å². The molecule has 8 heteroatoms. The fourth-order valence-electron chi connectivity index (χ4n) is 3.83. The first-order valence-electron chi connectivity index (χ1n) is 11.2. The third kappa shape index (κ3) is 8.55. The Bertz CT molecular complexity index is 614. The zero-order valence-electron chi connectivity index (χ0n) is 18.4. The number of aromatic nitrogens is 1. The summed E-state index contributed by atoms with van der Waals surface area (Å²) in [6.45, 7) is 11.7. The predicted molar refractivity (Wildman–Crippen MR) is 132 cm³/mol. The summed E-state index contributed by atoms with van der Waals surface area (Å²) in [4.78, 5) is 11.7. The Morgan fingerprint density at radius 3 is 2.73 bits per heavy atom. The van der Waals surface area contributed by atoms with Gasteiger partial charge in [-0.15, -0.1) is 24.0 Å². The summed E-state index contributed by atoms with van der Waals surface area (Å²) in [6.07, 6.45) is 6.37. The molecule has 3 rings (SSSR count). The lowest BCUT2D eigenvalue weighted by Gasteiger charge is -2.34. The van der Waals surface area contributed by atoms with Crippen molar-refractivity contribution >= 4 is 29.9 Å². The fraction of sp³-hybridized carbons (Fsp3) is 0.727. The highest BCUT2D eigenvalue weighted by molar-refractivity contribution is 14.0. The van der Waals surface area contributed by atoms with Crippen molar-refractivity contribution in [2.24, 2.45) is 10.9 Å². The van der Waals surface area contributed by atoms with Crippen LogP contribution < -0.4 is 15.4 Å². The second-order valence-electron chi connectivity index (χ2n) is 8.00. The van der Waals surface area contributed by atoms with Crippen LogP contribution in [0.3, 0.4) is 0 Å². The summed E-state index contributed by atoms with van der Waals surface area (Å²) >= 11 is 0. The van der Waals surface area contributed by atoms with Crippen molar-refractivity contribution in [3.8, 4) is 5.88 Å². The highest BCUT2D eigenvalue weighted by Gasteiger charge is 2.24. The minimum atomic E-state index is 0. The number of ether oxygens (including phenoxy) is 2. The Hall–Kier alpha value is -1.13. The van der Waals surface area contributed by atoms with E-state index in [1.54, 1.807) is 0 Å². The van der Waals surface area contributed by atoms with Gasteiger partial charge in [-0.2, -0.15) is 0 Å². The third-order valence-electron chi connectivity index (χ3n) is 5.48. The van der Waals surface area contributed by atoms with Crippen molar-refractivity contribution in [3.63, 3.8) is 0 Å². The number of guanidine groups is 1. The molecule has 0 radical (unpaired) electrons. The van der Waals surface area contributed by atoms with E-state index in [1.165, 1.54) is 13.0 Å². The summed E-state index contributed by atoms with van der Waals surface area (Å²) < 4.78 is 11.1. The van der Waals surface area contributed by atoms with E-state index in [9.17, 15) is 0 Å². The van der Waals surface area contributed by atoms with E-state index in [-0.39, 0.29) is 24.0 Å². The molecule has 2 N–H and O–H groups in total. The average Bonchev–Trinajstić information content (AvgIpc) is 3.26. The first-order valence-corrected chi connectivity index (χ1v) is 11.2. The van der Waals surface area contributed by atoms with Gasteiger partial charge in [-0.1, -0.05) is 13.0 Å². The van der Waals surface area contributed by atoms with Gasteiger partial charge in [0.25, 0.3) is 0 Å². The number of nitrogens with one attached hydrogen (secondary N) is 2. The van der Waals surface area contributed by atoms with Gasteiger partial charge in [0, 0.05) is 51.1 Å². The number of hydrogen-bond acceptors (Lipinski definition) is 5. The van der Waals surface area contributed by atoms with Crippen LogP contribution >= 0.6 is 24.0 Å². The van der Waals surface area contributed by atoms with Crippen LogP contribution in [-0.2, 0) is 11.3 Å². The van der Waals surface area contributed by atoms with E-state index in [4.69, 9.17) is 14.5 Å². The maximum absolute atomic E-state index is 5.54. The van der Waals surface area contributed by atoms with Crippen LogP contribution in [0.1, 0.15) is 45.1 Å². The molecule has 0 aliphatic carbocycles. The Morgan fingerprint density at radius 2 is 2.10 bits per heavy atom. The lowest BCUT2D eigenvalue weighted by Crippen LogP contribution is -2.49. The maximum atomic E-state index is 5.54. The molecule has 30 heavy (non-hydrogen) atoms. The SMILES string of the molecule is CCCOc1ccc(CN=C(NCC)NC2CCN(CC3CCOC3)CC2)cn1.I. The van der Waals surface area contributed by atoms with Crippen LogP contribution in [0.4, 0.5) is 0 Å². The van der Waals surface area contributed by atoms with Crippen LogP contribution in [0.15, 0.2) is 23.3 Å². The minimum absolute atomic E-state index is 0. The number of aliphatic imine (C=N–C) groups is 1. The number of hydrogen-bond donors (Lipinski definition) is 2. The van der Waals surface area contributed by atoms with E-state index in [2.05, 4.69) is 34.4 Å². The summed E-state index contributed by atoms with van der Waals surface area (Å²) in [5.74, 6) is 2.30. The largest absolute Gasteiger partial charge is 0.478 e. The van der Waals surface area contributed by atoms with Gasteiger partial charge >= 0.3 is 0 Å². The van der Waals surface area contributed by atoms with Crippen LogP contribution in [0.25, 0.3) is 0 Å². The van der Waals surface area contributed by atoms with Crippen molar-refractivity contribution in [1.82, 2.24) is 20.5 Å². The monoisotopic (exact) mass is 531 g/mol. The number of rotatable bonds is 9. The standard InChI is InChI=1S/C22H37N5O2.HI/c1-3-12-29-21-6-5-18(14-24-21)15-25-22(23-4-2)26-20-7-10-27(11-8-20)16-19-9-13-28-17-19;/h5-6,14,19-20H,3-4,7-13,15-17H2,1-2H3,(H2,23,25,26);1H. The van der Waals surface area contributed by atoms with Gasteiger partial charge in [-0.25, -0.2) is 9.98 Å². The smallest absolute Gasteiger partial charge is 0.213 e. The number of pyridine rings is 1. The third-order valence-corrected chi connectivity index (χ3v) is 5.48. The Kier molecular flexibility index (Phi) is 11.8. The maximum Gasteiger partial charge on any atom is 0.213 e. The number of halogens is 1. The quantitative estimate of drug-likeness (QED) is 0.290. The van der Waals surface area contributed by atoms with E-state index in [1.807, 2.05) is 18.3 Å². The zero-order chi connectivity index (χ0) is 20.3. The normalized spacial score (nSPS) is 20.6. The van der Waals surface area contributed by atoms with Crippen molar-refractivity contribution < 1.29 is 9.47 Å². The molecule has 0 bridgehead atoms. The molecule has 2 aliphatic rings. The molecule has 0 amide bonds. The molecule has 3 heterocycles. The highest BCUT2D eigenvalue weighted by Crippen LogP contribution is 2.17. The van der Waals surface area contributed by atoms with Gasteiger partial charge in [-0.05, 0) is 44.1 Å². The number of piperidine rings is 1. The molecule has 2 saturated heterocycles. The molecular formula is C22H38IN5O2. The Labute approximate surface area is 198 Å². The lowest BCUT2D eigenvalue weighted by molar-refractivity contribution is 0.150.